The molecule has 0 amide bonds. The summed E-state index contributed by atoms with van der Waals surface area (Å²) in [5.41, 5.74) is 1.09. The van der Waals surface area contributed by atoms with Crippen molar-refractivity contribution < 1.29 is 8.42 Å². The summed E-state index contributed by atoms with van der Waals surface area (Å²) >= 11 is 1.71. The summed E-state index contributed by atoms with van der Waals surface area (Å²) in [5, 5.41) is 7.27. The van der Waals surface area contributed by atoms with Crippen molar-refractivity contribution in [3.8, 4) is 0 Å². The number of guanidine groups is 1. The zero-order chi connectivity index (χ0) is 15.9. The van der Waals surface area contributed by atoms with E-state index in [-0.39, 0.29) is 35.5 Å². The van der Waals surface area contributed by atoms with Gasteiger partial charge in [-0.25, -0.2) is 13.4 Å². The van der Waals surface area contributed by atoms with Crippen LogP contribution < -0.4 is 10.6 Å². The van der Waals surface area contributed by atoms with Gasteiger partial charge < -0.3 is 10.6 Å². The number of hydrogen-bond acceptors (Lipinski definition) is 5. The summed E-state index contributed by atoms with van der Waals surface area (Å²) in [6, 6.07) is 0. The van der Waals surface area contributed by atoms with Gasteiger partial charge in [-0.05, 0) is 13.8 Å². The van der Waals surface area contributed by atoms with E-state index >= 15 is 0 Å². The quantitative estimate of drug-likeness (QED) is 0.366. The second-order valence-electron chi connectivity index (χ2n) is 4.66. The molecule has 9 heteroatoms. The molecular formula is C13H25IN4O2S2. The Hall–Kier alpha value is -0.420. The smallest absolute Gasteiger partial charge is 0.191 e. The van der Waals surface area contributed by atoms with Crippen molar-refractivity contribution in [2.24, 2.45) is 4.99 Å². The third-order valence-electron chi connectivity index (χ3n) is 3.07. The molecule has 1 rings (SSSR count). The van der Waals surface area contributed by atoms with Gasteiger partial charge in [-0.2, -0.15) is 0 Å². The van der Waals surface area contributed by atoms with Gasteiger partial charge in [0.2, 0.25) is 0 Å². The molecule has 1 heterocycles. The van der Waals surface area contributed by atoms with Gasteiger partial charge in [0.25, 0.3) is 0 Å². The Morgan fingerprint density at radius 1 is 1.27 bits per heavy atom. The van der Waals surface area contributed by atoms with Gasteiger partial charge in [-0.3, -0.25) is 4.99 Å². The van der Waals surface area contributed by atoms with Gasteiger partial charge in [0.05, 0.1) is 16.5 Å². The highest BCUT2D eigenvalue weighted by atomic mass is 127. The molecule has 6 nitrogen and oxygen atoms in total. The number of aromatic nitrogens is 1. The lowest BCUT2D eigenvalue weighted by atomic mass is 10.4. The first-order valence-corrected chi connectivity index (χ1v) is 9.59. The Kier molecular flexibility index (Phi) is 10.2. The number of halogens is 1. The van der Waals surface area contributed by atoms with Crippen molar-refractivity contribution in [1.29, 1.82) is 0 Å². The Bertz CT molecular complexity index is 565. The number of aryl methyl sites for hydroxylation is 2. The van der Waals surface area contributed by atoms with Crippen LogP contribution in [0.3, 0.4) is 0 Å². The maximum Gasteiger partial charge on any atom is 0.191 e. The van der Waals surface area contributed by atoms with E-state index in [0.29, 0.717) is 19.0 Å². The summed E-state index contributed by atoms with van der Waals surface area (Å²) < 4.78 is 22.8. The highest BCUT2D eigenvalue weighted by Gasteiger charge is 2.08. The number of nitrogens with one attached hydrogen (secondary N) is 2. The van der Waals surface area contributed by atoms with Crippen molar-refractivity contribution >= 4 is 51.1 Å². The van der Waals surface area contributed by atoms with E-state index in [4.69, 9.17) is 0 Å². The van der Waals surface area contributed by atoms with E-state index in [9.17, 15) is 8.42 Å². The lowest BCUT2D eigenvalue weighted by molar-refractivity contribution is 0.595. The normalized spacial score (nSPS) is 11.9. The molecule has 0 atom stereocenters. The Balaban J connectivity index is 0.00000441. The van der Waals surface area contributed by atoms with Gasteiger partial charge in [0, 0.05) is 37.2 Å². The molecule has 2 N–H and O–H groups in total. The van der Waals surface area contributed by atoms with E-state index in [0.717, 1.165) is 17.1 Å². The van der Waals surface area contributed by atoms with Crippen LogP contribution in [0.15, 0.2) is 4.99 Å². The van der Waals surface area contributed by atoms with Crippen molar-refractivity contribution in [2.75, 3.05) is 31.6 Å². The Morgan fingerprint density at radius 2 is 1.91 bits per heavy atom. The maximum absolute atomic E-state index is 11.4. The third kappa shape index (κ3) is 7.73. The van der Waals surface area contributed by atoms with Gasteiger partial charge in [-0.1, -0.05) is 6.92 Å². The van der Waals surface area contributed by atoms with Gasteiger partial charge >= 0.3 is 0 Å². The Morgan fingerprint density at radius 3 is 2.41 bits per heavy atom. The van der Waals surface area contributed by atoms with Crippen LogP contribution in [-0.2, 0) is 16.3 Å². The molecule has 0 aromatic carbocycles. The maximum atomic E-state index is 11.4. The second kappa shape index (κ2) is 10.4. The average molecular weight is 460 g/mol. The van der Waals surface area contributed by atoms with E-state index in [1.165, 1.54) is 4.88 Å². The fourth-order valence-electron chi connectivity index (χ4n) is 1.62. The minimum Gasteiger partial charge on any atom is -0.356 e. The van der Waals surface area contributed by atoms with Crippen LogP contribution in [0.1, 0.15) is 22.5 Å². The van der Waals surface area contributed by atoms with Gasteiger partial charge in [0.1, 0.15) is 0 Å². The molecule has 0 aliphatic rings. The van der Waals surface area contributed by atoms with Crippen LogP contribution in [0.25, 0.3) is 0 Å². The number of thiazole rings is 1. The van der Waals surface area contributed by atoms with Crippen LogP contribution in [0, 0.1) is 13.8 Å². The summed E-state index contributed by atoms with van der Waals surface area (Å²) in [5.74, 6) is 0.907. The van der Waals surface area contributed by atoms with Crippen molar-refractivity contribution in [3.63, 3.8) is 0 Å². The molecule has 0 saturated heterocycles. The largest absolute Gasteiger partial charge is 0.356 e. The predicted molar refractivity (Wildman–Crippen MR) is 104 cm³/mol. The molecule has 0 fully saturated rings. The topological polar surface area (TPSA) is 83.5 Å². The highest BCUT2D eigenvalue weighted by Crippen LogP contribution is 2.16. The molecule has 0 unspecified atom stereocenters. The SMILES string of the molecule is CCS(=O)(=O)CCNC(=NC)NCCc1nc(C)c(C)s1.I. The molecule has 0 bridgehead atoms. The molecular weight excluding hydrogens is 435 g/mol. The molecule has 0 spiro atoms. The highest BCUT2D eigenvalue weighted by molar-refractivity contribution is 14.0. The van der Waals surface area contributed by atoms with Crippen molar-refractivity contribution in [3.05, 3.63) is 15.6 Å². The number of sulfone groups is 1. The molecule has 0 aliphatic carbocycles. The summed E-state index contributed by atoms with van der Waals surface area (Å²) in [4.78, 5) is 9.79. The minimum atomic E-state index is -2.94. The first kappa shape index (κ1) is 21.6. The van der Waals surface area contributed by atoms with Crippen LogP contribution in [0.4, 0.5) is 0 Å². The zero-order valence-electron chi connectivity index (χ0n) is 13.5. The fraction of sp³-hybridized carbons (Fsp3) is 0.692. The van der Waals surface area contributed by atoms with Crippen LogP contribution >= 0.6 is 35.3 Å². The number of aliphatic imine (C=N–C) groups is 1. The Labute approximate surface area is 154 Å². The van der Waals surface area contributed by atoms with E-state index in [1.54, 1.807) is 25.3 Å². The number of hydrogen-bond donors (Lipinski definition) is 2. The summed E-state index contributed by atoms with van der Waals surface area (Å²) in [6.07, 6.45) is 0.827. The molecule has 1 aromatic heterocycles. The average Bonchev–Trinajstić information content (AvgIpc) is 2.76. The summed E-state index contributed by atoms with van der Waals surface area (Å²) in [7, 11) is -1.27. The molecule has 0 saturated carbocycles. The summed E-state index contributed by atoms with van der Waals surface area (Å²) in [6.45, 7) is 6.81. The number of nitrogens with zero attached hydrogens (tertiary/aromatic N) is 2. The molecule has 128 valence electrons. The molecule has 0 radical (unpaired) electrons. The van der Waals surface area contributed by atoms with E-state index < -0.39 is 9.84 Å². The van der Waals surface area contributed by atoms with Crippen LogP contribution in [-0.4, -0.2) is 51.0 Å². The number of rotatable bonds is 7. The van der Waals surface area contributed by atoms with Crippen LogP contribution in [0.2, 0.25) is 0 Å². The zero-order valence-corrected chi connectivity index (χ0v) is 17.4. The first-order chi connectivity index (χ1) is 9.88. The standard InChI is InChI=1S/C13H24N4O2S2.HI/c1-5-21(18,19)9-8-16-13(14-4)15-7-6-12-17-10(2)11(3)20-12;/h5-9H2,1-4H3,(H2,14,15,16);1H. The molecule has 0 aliphatic heterocycles. The van der Waals surface area contributed by atoms with Crippen LogP contribution in [0.5, 0.6) is 0 Å². The third-order valence-corrected chi connectivity index (χ3v) is 5.91. The molecule has 22 heavy (non-hydrogen) atoms. The van der Waals surface area contributed by atoms with Gasteiger partial charge in [-0.15, -0.1) is 35.3 Å². The minimum absolute atomic E-state index is 0. The lowest BCUT2D eigenvalue weighted by Gasteiger charge is -2.11. The predicted octanol–water partition coefficient (Wildman–Crippen LogP) is 1.52. The van der Waals surface area contributed by atoms with E-state index in [1.807, 2.05) is 6.92 Å². The first-order valence-electron chi connectivity index (χ1n) is 6.95. The second-order valence-corrected chi connectivity index (χ2v) is 8.42. The monoisotopic (exact) mass is 460 g/mol. The fourth-order valence-corrected chi connectivity index (χ4v) is 3.26. The lowest BCUT2D eigenvalue weighted by Crippen LogP contribution is -2.40. The molecule has 1 aromatic rings. The van der Waals surface area contributed by atoms with E-state index in [2.05, 4.69) is 27.5 Å². The van der Waals surface area contributed by atoms with Gasteiger partial charge in [0.15, 0.2) is 15.8 Å². The van der Waals surface area contributed by atoms with Crippen molar-refractivity contribution in [2.45, 2.75) is 27.2 Å². The van der Waals surface area contributed by atoms with Crippen molar-refractivity contribution in [1.82, 2.24) is 15.6 Å².